The van der Waals surface area contributed by atoms with Crippen LogP contribution >= 0.6 is 0 Å². The van der Waals surface area contributed by atoms with Crippen LogP contribution in [-0.4, -0.2) is 37.2 Å². The number of nitrogens with zero attached hydrogens (tertiary/aromatic N) is 3. The first-order valence-corrected chi connectivity index (χ1v) is 4.46. The van der Waals surface area contributed by atoms with Gasteiger partial charge in [-0.15, -0.1) is 0 Å². The summed E-state index contributed by atoms with van der Waals surface area (Å²) in [6.07, 6.45) is 4.46. The Morgan fingerprint density at radius 1 is 1.54 bits per heavy atom. The van der Waals surface area contributed by atoms with Crippen LogP contribution in [0.5, 0.6) is 0 Å². The Kier molecular flexibility index (Phi) is 4.18. The smallest absolute Gasteiger partial charge is 0.131 e. The number of nitrogens with one attached hydrogen (secondary N) is 1. The monoisotopic (exact) mass is 180 g/mol. The van der Waals surface area contributed by atoms with Gasteiger partial charge in [0.05, 0.1) is 0 Å². The van der Waals surface area contributed by atoms with Crippen LogP contribution in [-0.2, 0) is 0 Å². The van der Waals surface area contributed by atoms with Crippen LogP contribution in [0, 0.1) is 0 Å². The first-order valence-electron chi connectivity index (χ1n) is 4.46. The molecule has 4 nitrogen and oxygen atoms in total. The topological polar surface area (TPSA) is 41.0 Å². The molecule has 0 amide bonds. The molecular formula is C9H16N4. The summed E-state index contributed by atoms with van der Waals surface area (Å²) in [5.74, 6) is 0.978. The second kappa shape index (κ2) is 5.48. The normalized spacial score (nSPS) is 10.0. The molecule has 0 aliphatic rings. The third kappa shape index (κ3) is 3.38. The predicted octanol–water partition coefficient (Wildman–Crippen LogP) is 0.522. The van der Waals surface area contributed by atoms with E-state index in [2.05, 4.69) is 20.2 Å². The molecule has 0 unspecified atom stereocenters. The lowest BCUT2D eigenvalue weighted by Crippen LogP contribution is -2.22. The van der Waals surface area contributed by atoms with E-state index in [0.717, 1.165) is 25.3 Å². The van der Waals surface area contributed by atoms with Crippen LogP contribution in [0.2, 0.25) is 0 Å². The molecule has 1 rings (SSSR count). The fraction of sp³-hybridized carbons (Fsp3) is 0.556. The van der Waals surface area contributed by atoms with Crippen molar-refractivity contribution >= 4 is 5.82 Å². The predicted molar refractivity (Wildman–Crippen MR) is 53.8 cm³/mol. The van der Waals surface area contributed by atoms with Crippen LogP contribution in [0.3, 0.4) is 0 Å². The summed E-state index contributed by atoms with van der Waals surface area (Å²) in [5.41, 5.74) is 0. The van der Waals surface area contributed by atoms with E-state index >= 15 is 0 Å². The minimum absolute atomic E-state index is 0.978. The largest absolute Gasteiger partial charge is 0.360 e. The van der Waals surface area contributed by atoms with Crippen molar-refractivity contribution in [2.24, 2.45) is 0 Å². The van der Waals surface area contributed by atoms with E-state index in [1.165, 1.54) is 0 Å². The summed E-state index contributed by atoms with van der Waals surface area (Å²) in [5, 5.41) is 3.12. The maximum absolute atomic E-state index is 4.15. The molecule has 0 bridgehead atoms. The second-order valence-electron chi connectivity index (χ2n) is 2.95. The maximum Gasteiger partial charge on any atom is 0.131 e. The van der Waals surface area contributed by atoms with Crippen molar-refractivity contribution in [2.75, 3.05) is 32.1 Å². The Morgan fingerprint density at radius 2 is 2.38 bits per heavy atom. The molecule has 0 fully saturated rings. The fourth-order valence-electron chi connectivity index (χ4n) is 1.12. The van der Waals surface area contributed by atoms with E-state index < -0.39 is 0 Å². The molecule has 0 radical (unpaired) electrons. The summed E-state index contributed by atoms with van der Waals surface area (Å²) in [6, 6.07) is 1.92. The van der Waals surface area contributed by atoms with E-state index in [1.54, 1.807) is 12.5 Å². The lowest BCUT2D eigenvalue weighted by molar-refractivity contribution is 0.708. The van der Waals surface area contributed by atoms with Crippen LogP contribution in [0.1, 0.15) is 6.42 Å². The average Bonchev–Trinajstić information content (AvgIpc) is 2.19. The number of hydrogen-bond donors (Lipinski definition) is 1. The summed E-state index contributed by atoms with van der Waals surface area (Å²) in [6.45, 7) is 2.05. The molecule has 72 valence electrons. The molecule has 1 aromatic rings. The summed E-state index contributed by atoms with van der Waals surface area (Å²) < 4.78 is 0. The highest BCUT2D eigenvalue weighted by molar-refractivity contribution is 5.34. The van der Waals surface area contributed by atoms with Crippen LogP contribution in [0.15, 0.2) is 18.6 Å². The second-order valence-corrected chi connectivity index (χ2v) is 2.95. The summed E-state index contributed by atoms with van der Waals surface area (Å²) in [7, 11) is 4.00. The highest BCUT2D eigenvalue weighted by atomic mass is 15.2. The molecule has 4 heteroatoms. The van der Waals surface area contributed by atoms with Crippen LogP contribution in [0.4, 0.5) is 5.82 Å². The van der Waals surface area contributed by atoms with Gasteiger partial charge in [-0.25, -0.2) is 9.97 Å². The number of aromatic nitrogens is 2. The molecule has 1 heterocycles. The SMILES string of the molecule is CNCCCN(C)c1ccncn1. The highest BCUT2D eigenvalue weighted by Crippen LogP contribution is 2.04. The highest BCUT2D eigenvalue weighted by Gasteiger charge is 1.99. The first kappa shape index (κ1) is 9.92. The van der Waals surface area contributed by atoms with Gasteiger partial charge in [0.1, 0.15) is 12.1 Å². The van der Waals surface area contributed by atoms with Gasteiger partial charge in [0.25, 0.3) is 0 Å². The van der Waals surface area contributed by atoms with Crippen molar-refractivity contribution < 1.29 is 0 Å². The lowest BCUT2D eigenvalue weighted by atomic mass is 10.4. The van der Waals surface area contributed by atoms with Gasteiger partial charge in [0.2, 0.25) is 0 Å². The zero-order chi connectivity index (χ0) is 9.52. The van der Waals surface area contributed by atoms with Gasteiger partial charge in [-0.1, -0.05) is 0 Å². The number of rotatable bonds is 5. The van der Waals surface area contributed by atoms with Gasteiger partial charge in [-0.05, 0) is 26.1 Å². The Balaban J connectivity index is 2.35. The van der Waals surface area contributed by atoms with E-state index in [4.69, 9.17) is 0 Å². The van der Waals surface area contributed by atoms with Crippen molar-refractivity contribution in [1.82, 2.24) is 15.3 Å². The van der Waals surface area contributed by atoms with Crippen molar-refractivity contribution in [2.45, 2.75) is 6.42 Å². The van der Waals surface area contributed by atoms with E-state index in [1.807, 2.05) is 20.2 Å². The van der Waals surface area contributed by atoms with Crippen LogP contribution in [0.25, 0.3) is 0 Å². The molecule has 1 aromatic heterocycles. The molecule has 0 spiro atoms. The van der Waals surface area contributed by atoms with E-state index in [9.17, 15) is 0 Å². The molecule has 0 saturated heterocycles. The summed E-state index contributed by atoms with van der Waals surface area (Å²) >= 11 is 0. The zero-order valence-electron chi connectivity index (χ0n) is 8.20. The Labute approximate surface area is 79.0 Å². The van der Waals surface area contributed by atoms with E-state index in [0.29, 0.717) is 0 Å². The molecule has 0 aromatic carbocycles. The maximum atomic E-state index is 4.15. The first-order chi connectivity index (χ1) is 6.34. The third-order valence-electron chi connectivity index (χ3n) is 1.88. The number of hydrogen-bond acceptors (Lipinski definition) is 4. The van der Waals surface area contributed by atoms with Gasteiger partial charge in [-0.2, -0.15) is 0 Å². The Morgan fingerprint density at radius 3 is 3.00 bits per heavy atom. The van der Waals surface area contributed by atoms with Gasteiger partial charge in [0.15, 0.2) is 0 Å². The zero-order valence-corrected chi connectivity index (χ0v) is 8.20. The Bertz CT molecular complexity index is 224. The van der Waals surface area contributed by atoms with Gasteiger partial charge < -0.3 is 10.2 Å². The molecule has 0 saturated carbocycles. The van der Waals surface area contributed by atoms with Crippen molar-refractivity contribution in [1.29, 1.82) is 0 Å². The molecule has 0 atom stereocenters. The standard InChI is InChI=1S/C9H16N4/c1-10-5-3-7-13(2)9-4-6-11-8-12-9/h4,6,8,10H,3,5,7H2,1-2H3. The molecule has 0 aliphatic heterocycles. The third-order valence-corrected chi connectivity index (χ3v) is 1.88. The molecular weight excluding hydrogens is 164 g/mol. The van der Waals surface area contributed by atoms with Crippen molar-refractivity contribution in [3.8, 4) is 0 Å². The lowest BCUT2D eigenvalue weighted by Gasteiger charge is -2.17. The van der Waals surface area contributed by atoms with Crippen molar-refractivity contribution in [3.63, 3.8) is 0 Å². The van der Waals surface area contributed by atoms with Crippen molar-refractivity contribution in [3.05, 3.63) is 18.6 Å². The van der Waals surface area contributed by atoms with Gasteiger partial charge in [0, 0.05) is 19.8 Å². The average molecular weight is 180 g/mol. The van der Waals surface area contributed by atoms with Gasteiger partial charge >= 0.3 is 0 Å². The molecule has 1 N–H and O–H groups in total. The molecule has 0 aliphatic carbocycles. The summed E-state index contributed by atoms with van der Waals surface area (Å²) in [4.78, 5) is 10.1. The molecule has 13 heavy (non-hydrogen) atoms. The fourth-order valence-corrected chi connectivity index (χ4v) is 1.12. The minimum atomic E-state index is 0.978. The Hall–Kier alpha value is -1.16. The minimum Gasteiger partial charge on any atom is -0.360 e. The van der Waals surface area contributed by atoms with E-state index in [-0.39, 0.29) is 0 Å². The van der Waals surface area contributed by atoms with Gasteiger partial charge in [-0.3, -0.25) is 0 Å². The van der Waals surface area contributed by atoms with Crippen LogP contribution < -0.4 is 10.2 Å². The quantitative estimate of drug-likeness (QED) is 0.671. The number of anilines is 1.